The summed E-state index contributed by atoms with van der Waals surface area (Å²) in [6, 6.07) is 10.5. The minimum atomic E-state index is -4.06. The van der Waals surface area contributed by atoms with E-state index in [9.17, 15) is 18.5 Å². The average Bonchev–Trinajstić information content (AvgIpc) is 2.53. The number of benzene rings is 2. The van der Waals surface area contributed by atoms with E-state index in [1.807, 2.05) is 6.92 Å². The van der Waals surface area contributed by atoms with Crippen molar-refractivity contribution in [2.45, 2.75) is 31.2 Å². The molecule has 24 heavy (non-hydrogen) atoms. The van der Waals surface area contributed by atoms with Gasteiger partial charge < -0.3 is 0 Å². The van der Waals surface area contributed by atoms with Gasteiger partial charge in [-0.2, -0.15) is 0 Å². The Hall–Kier alpha value is -1.96. The second-order valence-electron chi connectivity index (χ2n) is 5.31. The number of hydrogen-bond acceptors (Lipinski definition) is 4. The molecular weight excluding hydrogens is 352 g/mol. The van der Waals surface area contributed by atoms with Crippen LogP contribution in [-0.4, -0.2) is 13.3 Å². The van der Waals surface area contributed by atoms with Crippen LogP contribution in [0, 0.1) is 17.0 Å². The van der Waals surface area contributed by atoms with Crippen molar-refractivity contribution < 1.29 is 13.3 Å². The molecule has 8 heteroatoms. The van der Waals surface area contributed by atoms with Gasteiger partial charge in [0.15, 0.2) is 4.90 Å². The van der Waals surface area contributed by atoms with Gasteiger partial charge in [-0.15, -0.1) is 0 Å². The highest BCUT2D eigenvalue weighted by Gasteiger charge is 2.29. The lowest BCUT2D eigenvalue weighted by Gasteiger charge is -2.18. The van der Waals surface area contributed by atoms with Crippen LogP contribution >= 0.6 is 11.6 Å². The molecule has 2 aromatic rings. The minimum Gasteiger partial charge on any atom is -0.258 e. The Bertz CT molecular complexity index is 851. The van der Waals surface area contributed by atoms with E-state index in [2.05, 4.69) is 4.72 Å². The van der Waals surface area contributed by atoms with Gasteiger partial charge in [0.05, 0.1) is 4.92 Å². The van der Waals surface area contributed by atoms with E-state index in [4.69, 9.17) is 11.6 Å². The third kappa shape index (κ3) is 3.92. The van der Waals surface area contributed by atoms with Crippen molar-refractivity contribution >= 4 is 27.3 Å². The average molecular weight is 369 g/mol. The maximum Gasteiger partial charge on any atom is 0.289 e. The first-order valence-electron chi connectivity index (χ1n) is 7.28. The Morgan fingerprint density at radius 3 is 2.38 bits per heavy atom. The summed E-state index contributed by atoms with van der Waals surface area (Å²) in [5.41, 5.74) is 0.623. The molecule has 0 aliphatic rings. The smallest absolute Gasteiger partial charge is 0.258 e. The van der Waals surface area contributed by atoms with Gasteiger partial charge in [-0.05, 0) is 36.6 Å². The Balaban J connectivity index is 2.44. The van der Waals surface area contributed by atoms with Crippen molar-refractivity contribution in [3.8, 4) is 0 Å². The van der Waals surface area contributed by atoms with Crippen molar-refractivity contribution in [2.75, 3.05) is 0 Å². The second kappa shape index (κ2) is 7.29. The summed E-state index contributed by atoms with van der Waals surface area (Å²) in [7, 11) is -4.06. The Kier molecular flexibility index (Phi) is 5.58. The third-order valence-corrected chi connectivity index (χ3v) is 5.55. The quantitative estimate of drug-likeness (QED) is 0.616. The summed E-state index contributed by atoms with van der Waals surface area (Å²) in [5, 5.41) is 11.7. The minimum absolute atomic E-state index is 0.303. The number of nitro benzene ring substituents is 1. The molecule has 0 aliphatic heterocycles. The van der Waals surface area contributed by atoms with E-state index in [1.165, 1.54) is 25.1 Å². The molecule has 0 aliphatic carbocycles. The van der Waals surface area contributed by atoms with Crippen LogP contribution in [0.3, 0.4) is 0 Å². The molecular formula is C16H17ClN2O4S. The molecule has 0 saturated carbocycles. The highest BCUT2D eigenvalue weighted by Crippen LogP contribution is 2.29. The monoisotopic (exact) mass is 368 g/mol. The van der Waals surface area contributed by atoms with E-state index < -0.39 is 26.7 Å². The first kappa shape index (κ1) is 18.4. The maximum atomic E-state index is 12.7. The van der Waals surface area contributed by atoms with Crippen LogP contribution in [0.4, 0.5) is 5.69 Å². The third-order valence-electron chi connectivity index (χ3n) is 3.63. The van der Waals surface area contributed by atoms with Crippen LogP contribution in [0.15, 0.2) is 47.4 Å². The van der Waals surface area contributed by atoms with E-state index in [0.717, 1.165) is 5.56 Å². The molecule has 0 bridgehead atoms. The van der Waals surface area contributed by atoms with Crippen LogP contribution in [0.1, 0.15) is 30.5 Å². The van der Waals surface area contributed by atoms with Gasteiger partial charge in [-0.1, -0.05) is 42.8 Å². The molecule has 6 nitrogen and oxygen atoms in total. The summed E-state index contributed by atoms with van der Waals surface area (Å²) >= 11 is 5.85. The second-order valence-corrected chi connectivity index (χ2v) is 7.40. The van der Waals surface area contributed by atoms with Gasteiger partial charge in [0, 0.05) is 17.1 Å². The topological polar surface area (TPSA) is 89.3 Å². The summed E-state index contributed by atoms with van der Waals surface area (Å²) in [6.07, 6.45) is 0.487. The number of halogens is 1. The first-order valence-corrected chi connectivity index (χ1v) is 9.14. The van der Waals surface area contributed by atoms with Crippen molar-refractivity contribution in [3.05, 3.63) is 68.7 Å². The van der Waals surface area contributed by atoms with Crippen LogP contribution < -0.4 is 4.72 Å². The predicted octanol–water partition coefficient (Wildman–Crippen LogP) is 3.99. The summed E-state index contributed by atoms with van der Waals surface area (Å²) in [4.78, 5) is 10.2. The number of hydrogen-bond donors (Lipinski definition) is 1. The Morgan fingerprint density at radius 2 is 1.83 bits per heavy atom. The van der Waals surface area contributed by atoms with Crippen molar-refractivity contribution in [1.29, 1.82) is 0 Å². The van der Waals surface area contributed by atoms with E-state index >= 15 is 0 Å². The number of aryl methyl sites for hydroxylation is 1. The Labute approximate surface area is 145 Å². The zero-order valence-corrected chi connectivity index (χ0v) is 14.8. The molecule has 2 rings (SSSR count). The largest absolute Gasteiger partial charge is 0.289 e. The molecule has 128 valence electrons. The Morgan fingerprint density at radius 1 is 1.21 bits per heavy atom. The molecule has 0 heterocycles. The van der Waals surface area contributed by atoms with Gasteiger partial charge in [0.1, 0.15) is 0 Å². The highest BCUT2D eigenvalue weighted by molar-refractivity contribution is 7.89. The van der Waals surface area contributed by atoms with Crippen LogP contribution in [-0.2, 0) is 10.0 Å². The molecule has 1 unspecified atom stereocenters. The summed E-state index contributed by atoms with van der Waals surface area (Å²) in [6.45, 7) is 3.36. The van der Waals surface area contributed by atoms with Crippen molar-refractivity contribution in [1.82, 2.24) is 4.72 Å². The fourth-order valence-corrected chi connectivity index (χ4v) is 4.29. The maximum absolute atomic E-state index is 12.7. The highest BCUT2D eigenvalue weighted by atomic mass is 35.5. The molecule has 0 spiro atoms. The van der Waals surface area contributed by atoms with E-state index in [0.29, 0.717) is 17.0 Å². The van der Waals surface area contributed by atoms with Crippen LogP contribution in [0.25, 0.3) is 0 Å². The van der Waals surface area contributed by atoms with Gasteiger partial charge in [0.25, 0.3) is 5.69 Å². The van der Waals surface area contributed by atoms with Crippen molar-refractivity contribution in [3.63, 3.8) is 0 Å². The molecule has 2 aromatic carbocycles. The number of sulfonamides is 1. The lowest BCUT2D eigenvalue weighted by molar-refractivity contribution is -0.387. The standard InChI is InChI=1S/C16H17ClN2O4S/c1-3-14(12-7-9-13(17)10-8-12)18-24(22,23)16-11(2)5-4-6-15(16)19(20)21/h4-10,14,18H,3H2,1-2H3. The number of nitrogens with one attached hydrogen (secondary N) is 1. The zero-order valence-electron chi connectivity index (χ0n) is 13.2. The van der Waals surface area contributed by atoms with Crippen LogP contribution in [0.5, 0.6) is 0 Å². The molecule has 0 saturated heterocycles. The molecule has 0 fully saturated rings. The fraction of sp³-hybridized carbons (Fsp3) is 0.250. The molecule has 0 amide bonds. The molecule has 0 radical (unpaired) electrons. The normalized spacial score (nSPS) is 12.8. The predicted molar refractivity (Wildman–Crippen MR) is 92.6 cm³/mol. The number of rotatable bonds is 6. The van der Waals surface area contributed by atoms with Gasteiger partial charge >= 0.3 is 0 Å². The zero-order chi connectivity index (χ0) is 17.9. The number of nitrogens with zero attached hydrogens (tertiary/aromatic N) is 1. The summed E-state index contributed by atoms with van der Waals surface area (Å²) < 4.78 is 28.0. The van der Waals surface area contributed by atoms with Crippen LogP contribution in [0.2, 0.25) is 5.02 Å². The van der Waals surface area contributed by atoms with E-state index in [-0.39, 0.29) is 4.90 Å². The van der Waals surface area contributed by atoms with E-state index in [1.54, 1.807) is 24.3 Å². The lowest BCUT2D eigenvalue weighted by atomic mass is 10.1. The van der Waals surface area contributed by atoms with Gasteiger partial charge in [-0.3, -0.25) is 10.1 Å². The van der Waals surface area contributed by atoms with Gasteiger partial charge in [0.2, 0.25) is 10.0 Å². The van der Waals surface area contributed by atoms with Crippen molar-refractivity contribution in [2.24, 2.45) is 0 Å². The molecule has 1 N–H and O–H groups in total. The first-order chi connectivity index (χ1) is 11.3. The summed E-state index contributed by atoms with van der Waals surface area (Å²) in [5.74, 6) is 0. The lowest BCUT2D eigenvalue weighted by Crippen LogP contribution is -2.29. The molecule has 0 aromatic heterocycles. The number of nitro groups is 1. The van der Waals surface area contributed by atoms with Gasteiger partial charge in [-0.25, -0.2) is 13.1 Å². The fourth-order valence-electron chi connectivity index (χ4n) is 2.46. The molecule has 1 atom stereocenters. The SMILES string of the molecule is CCC(NS(=O)(=O)c1c(C)cccc1[N+](=O)[O-])c1ccc(Cl)cc1.